The molecule has 0 bridgehead atoms. The molecule has 5 heteroatoms. The first-order valence-electron chi connectivity index (χ1n) is 4.10. The molecule has 1 heterocycles. The van der Waals surface area contributed by atoms with E-state index in [1.165, 1.54) is 14.0 Å². The number of hydrogen-bond acceptors (Lipinski definition) is 5. The molecule has 1 unspecified atom stereocenters. The Morgan fingerprint density at radius 1 is 1.31 bits per heavy atom. The molecule has 1 atom stereocenters. The summed E-state index contributed by atoms with van der Waals surface area (Å²) in [5.41, 5.74) is 0. The van der Waals surface area contributed by atoms with E-state index in [-0.39, 0.29) is 0 Å². The lowest BCUT2D eigenvalue weighted by Gasteiger charge is -2.09. The van der Waals surface area contributed by atoms with Gasteiger partial charge in [0, 0.05) is 0 Å². The molecular formula is C8H16O5. The molecule has 1 rings (SSSR count). The molecule has 0 spiro atoms. The van der Waals surface area contributed by atoms with Gasteiger partial charge in [-0.15, -0.1) is 0 Å². The maximum Gasteiger partial charge on any atom is 0.334 e. The second kappa shape index (κ2) is 7.97. The quantitative estimate of drug-likeness (QED) is 0.571. The zero-order valence-corrected chi connectivity index (χ0v) is 7.99. The maximum atomic E-state index is 10.0. The van der Waals surface area contributed by atoms with Crippen LogP contribution in [0.4, 0.5) is 0 Å². The molecule has 13 heavy (non-hydrogen) atoms. The van der Waals surface area contributed by atoms with Crippen molar-refractivity contribution in [2.45, 2.75) is 13.0 Å². The molecule has 0 radical (unpaired) electrons. The highest BCUT2D eigenvalue weighted by Gasteiger charge is 2.05. The molecule has 1 saturated heterocycles. The Hall–Kier alpha value is -0.650. The van der Waals surface area contributed by atoms with Crippen LogP contribution in [0.3, 0.4) is 0 Å². The molecule has 0 aromatic carbocycles. The summed E-state index contributed by atoms with van der Waals surface area (Å²) in [6.07, 6.45) is -0.995. The van der Waals surface area contributed by atoms with Crippen molar-refractivity contribution in [1.29, 1.82) is 0 Å². The van der Waals surface area contributed by atoms with Crippen LogP contribution in [-0.2, 0) is 19.0 Å². The van der Waals surface area contributed by atoms with E-state index in [2.05, 4.69) is 4.74 Å². The summed E-state index contributed by atoms with van der Waals surface area (Å²) in [6.45, 7) is 4.46. The van der Waals surface area contributed by atoms with Crippen LogP contribution >= 0.6 is 0 Å². The summed E-state index contributed by atoms with van der Waals surface area (Å²) in [5, 5.41) is 8.35. The fourth-order valence-electron chi connectivity index (χ4n) is 0.610. The Labute approximate surface area is 77.6 Å². The van der Waals surface area contributed by atoms with Crippen LogP contribution in [0.5, 0.6) is 0 Å². The Morgan fingerprint density at radius 2 is 1.69 bits per heavy atom. The third kappa shape index (κ3) is 7.70. The fraction of sp³-hybridized carbons (Fsp3) is 0.875. The van der Waals surface area contributed by atoms with Crippen LogP contribution < -0.4 is 0 Å². The summed E-state index contributed by atoms with van der Waals surface area (Å²) in [7, 11) is 1.23. The van der Waals surface area contributed by atoms with Crippen LogP contribution in [0.15, 0.2) is 0 Å². The number of carbonyl (C=O) groups is 1. The van der Waals surface area contributed by atoms with Gasteiger partial charge in [-0.05, 0) is 6.92 Å². The fourth-order valence-corrected chi connectivity index (χ4v) is 0.610. The van der Waals surface area contributed by atoms with E-state index in [4.69, 9.17) is 14.6 Å². The topological polar surface area (TPSA) is 65.0 Å². The lowest BCUT2D eigenvalue weighted by Crippen LogP contribution is -2.16. The lowest BCUT2D eigenvalue weighted by molar-refractivity contribution is -0.149. The van der Waals surface area contributed by atoms with Crippen molar-refractivity contribution in [3.63, 3.8) is 0 Å². The van der Waals surface area contributed by atoms with E-state index in [9.17, 15) is 4.79 Å². The summed E-state index contributed by atoms with van der Waals surface area (Å²) >= 11 is 0. The average Bonchev–Trinajstić information content (AvgIpc) is 2.20. The van der Waals surface area contributed by atoms with Crippen LogP contribution in [0.2, 0.25) is 0 Å². The van der Waals surface area contributed by atoms with Crippen molar-refractivity contribution in [2.24, 2.45) is 0 Å². The number of methoxy groups -OCH3 is 1. The SMILES string of the molecule is C1COCCO1.COC(=O)C(C)O. The lowest BCUT2D eigenvalue weighted by atomic mass is 10.4. The van der Waals surface area contributed by atoms with Gasteiger partial charge in [-0.1, -0.05) is 0 Å². The highest BCUT2D eigenvalue weighted by molar-refractivity contribution is 5.73. The molecule has 1 aliphatic rings. The summed E-state index contributed by atoms with van der Waals surface area (Å²) in [6, 6.07) is 0. The van der Waals surface area contributed by atoms with E-state index in [1.807, 2.05) is 0 Å². The molecule has 1 N–H and O–H groups in total. The number of aliphatic hydroxyl groups is 1. The van der Waals surface area contributed by atoms with Crippen molar-refractivity contribution < 1.29 is 24.1 Å². The number of esters is 1. The van der Waals surface area contributed by atoms with Crippen LogP contribution in [-0.4, -0.2) is 50.7 Å². The van der Waals surface area contributed by atoms with Crippen molar-refractivity contribution in [1.82, 2.24) is 0 Å². The smallest absolute Gasteiger partial charge is 0.334 e. The van der Waals surface area contributed by atoms with Gasteiger partial charge in [0.15, 0.2) is 0 Å². The highest BCUT2D eigenvalue weighted by Crippen LogP contribution is 1.85. The predicted molar refractivity (Wildman–Crippen MR) is 45.3 cm³/mol. The van der Waals surface area contributed by atoms with E-state index in [1.54, 1.807) is 0 Å². The third-order valence-corrected chi connectivity index (χ3v) is 1.29. The minimum Gasteiger partial charge on any atom is -0.467 e. The Bertz CT molecular complexity index is 119. The van der Waals surface area contributed by atoms with Gasteiger partial charge >= 0.3 is 5.97 Å². The number of ether oxygens (including phenoxy) is 3. The van der Waals surface area contributed by atoms with Gasteiger partial charge in [0.2, 0.25) is 0 Å². The minimum atomic E-state index is -0.995. The van der Waals surface area contributed by atoms with Gasteiger partial charge < -0.3 is 19.3 Å². The van der Waals surface area contributed by atoms with Crippen LogP contribution in [0.25, 0.3) is 0 Å². The molecule has 1 fully saturated rings. The molecule has 0 saturated carbocycles. The molecule has 1 aliphatic heterocycles. The molecule has 0 aromatic heterocycles. The van der Waals surface area contributed by atoms with E-state index < -0.39 is 12.1 Å². The standard InChI is InChI=1S/C4H8O3.C4H8O2/c1-3(5)4(6)7-2;1-2-6-4-3-5-1/h3,5H,1-2H3;1-4H2. The zero-order chi connectivity index (χ0) is 10.1. The first-order valence-corrected chi connectivity index (χ1v) is 4.10. The van der Waals surface area contributed by atoms with E-state index in [0.717, 1.165) is 26.4 Å². The Morgan fingerprint density at radius 3 is 1.77 bits per heavy atom. The van der Waals surface area contributed by atoms with Gasteiger partial charge in [-0.3, -0.25) is 0 Å². The van der Waals surface area contributed by atoms with Crippen molar-refractivity contribution in [2.75, 3.05) is 33.5 Å². The molecule has 0 amide bonds. The van der Waals surface area contributed by atoms with Gasteiger partial charge in [-0.25, -0.2) is 4.79 Å². The molecular weight excluding hydrogens is 176 g/mol. The minimum absolute atomic E-state index is 0.597. The third-order valence-electron chi connectivity index (χ3n) is 1.29. The van der Waals surface area contributed by atoms with Gasteiger partial charge in [0.25, 0.3) is 0 Å². The first kappa shape index (κ1) is 12.3. The van der Waals surface area contributed by atoms with Crippen molar-refractivity contribution in [3.05, 3.63) is 0 Å². The summed E-state index contributed by atoms with van der Waals surface area (Å²) < 4.78 is 14.0. The zero-order valence-electron chi connectivity index (χ0n) is 7.99. The van der Waals surface area contributed by atoms with Crippen LogP contribution in [0, 0.1) is 0 Å². The Balaban J connectivity index is 0.000000223. The average molecular weight is 192 g/mol. The van der Waals surface area contributed by atoms with Crippen molar-refractivity contribution >= 4 is 5.97 Å². The Kier molecular flexibility index (Phi) is 7.57. The van der Waals surface area contributed by atoms with E-state index >= 15 is 0 Å². The van der Waals surface area contributed by atoms with Crippen molar-refractivity contribution in [3.8, 4) is 0 Å². The molecule has 5 nitrogen and oxygen atoms in total. The molecule has 0 aliphatic carbocycles. The monoisotopic (exact) mass is 192 g/mol. The second-order valence-corrected chi connectivity index (χ2v) is 2.42. The summed E-state index contributed by atoms with van der Waals surface area (Å²) in [5.74, 6) is -0.597. The number of carbonyl (C=O) groups excluding carboxylic acids is 1. The number of rotatable bonds is 1. The first-order chi connectivity index (χ1) is 6.18. The van der Waals surface area contributed by atoms with Crippen LogP contribution in [0.1, 0.15) is 6.92 Å². The van der Waals surface area contributed by atoms with E-state index in [0.29, 0.717) is 0 Å². The summed E-state index contributed by atoms with van der Waals surface area (Å²) in [4.78, 5) is 10.0. The molecule has 0 aromatic rings. The highest BCUT2D eigenvalue weighted by atomic mass is 16.6. The van der Waals surface area contributed by atoms with Gasteiger partial charge in [0.05, 0.1) is 33.5 Å². The second-order valence-electron chi connectivity index (χ2n) is 2.42. The predicted octanol–water partition coefficient (Wildman–Crippen LogP) is -0.427. The maximum absolute atomic E-state index is 10.0. The largest absolute Gasteiger partial charge is 0.467 e. The normalized spacial score (nSPS) is 18.1. The number of aliphatic hydroxyl groups excluding tert-OH is 1. The van der Waals surface area contributed by atoms with Gasteiger partial charge in [-0.2, -0.15) is 0 Å². The van der Waals surface area contributed by atoms with Gasteiger partial charge in [0.1, 0.15) is 6.10 Å². The number of hydrogen-bond donors (Lipinski definition) is 1. The molecule has 78 valence electrons.